The van der Waals surface area contributed by atoms with Gasteiger partial charge in [0.15, 0.2) is 0 Å². The quantitative estimate of drug-likeness (QED) is 0.481. The second kappa shape index (κ2) is 8.08. The fraction of sp³-hybridized carbons (Fsp3) is 0.222. The highest BCUT2D eigenvalue weighted by atomic mass is 15.1. The van der Waals surface area contributed by atoms with Crippen molar-refractivity contribution in [3.05, 3.63) is 95.3 Å². The van der Waals surface area contributed by atoms with Crippen LogP contribution in [0.5, 0.6) is 0 Å². The molecule has 0 amide bonds. The van der Waals surface area contributed by atoms with Crippen molar-refractivity contribution >= 4 is 28.2 Å². The number of rotatable bonds is 4. The molecular weight excluding hydrogens is 352 g/mol. The molecule has 1 aromatic heterocycles. The molecule has 4 rings (SSSR count). The summed E-state index contributed by atoms with van der Waals surface area (Å²) in [6, 6.07) is 19.6. The first-order chi connectivity index (χ1) is 14.1. The van der Waals surface area contributed by atoms with Crippen molar-refractivity contribution < 1.29 is 4.57 Å². The number of anilines is 1. The fourth-order valence-electron chi connectivity index (χ4n) is 4.38. The van der Waals surface area contributed by atoms with Gasteiger partial charge in [0.05, 0.1) is 0 Å². The van der Waals surface area contributed by atoms with Crippen LogP contribution in [0.15, 0.2) is 78.5 Å². The first-order valence-corrected chi connectivity index (χ1v) is 10.5. The maximum absolute atomic E-state index is 2.38. The smallest absolute Gasteiger partial charge is 0.213 e. The summed E-state index contributed by atoms with van der Waals surface area (Å²) in [6.45, 7) is 10.7. The van der Waals surface area contributed by atoms with E-state index in [1.807, 2.05) is 0 Å². The summed E-state index contributed by atoms with van der Waals surface area (Å²) in [6.07, 6.45) is 8.94. The Kier molecular flexibility index (Phi) is 5.35. The van der Waals surface area contributed by atoms with E-state index in [1.54, 1.807) is 0 Å². The predicted molar refractivity (Wildman–Crippen MR) is 125 cm³/mol. The lowest BCUT2D eigenvalue weighted by atomic mass is 9.97. The molecule has 0 fully saturated rings. The summed E-state index contributed by atoms with van der Waals surface area (Å²) in [5.41, 5.74) is 8.98. The van der Waals surface area contributed by atoms with Crippen LogP contribution in [0, 0.1) is 6.92 Å². The Labute approximate surface area is 174 Å². The highest BCUT2D eigenvalue weighted by Crippen LogP contribution is 2.35. The molecule has 0 unspecified atom stereocenters. The zero-order valence-electron chi connectivity index (χ0n) is 17.8. The van der Waals surface area contributed by atoms with E-state index in [0.29, 0.717) is 0 Å². The molecule has 146 valence electrons. The van der Waals surface area contributed by atoms with Crippen LogP contribution in [0.25, 0.3) is 22.6 Å². The summed E-state index contributed by atoms with van der Waals surface area (Å²) in [7, 11) is 0. The molecular formula is C27H29N2+. The fourth-order valence-corrected chi connectivity index (χ4v) is 4.38. The molecule has 0 bridgehead atoms. The molecule has 0 saturated heterocycles. The first-order valence-electron chi connectivity index (χ1n) is 10.5. The van der Waals surface area contributed by atoms with E-state index in [0.717, 1.165) is 13.1 Å². The van der Waals surface area contributed by atoms with Crippen molar-refractivity contribution in [2.45, 2.75) is 34.2 Å². The number of allylic oxidation sites excluding steroid dienone is 5. The monoisotopic (exact) mass is 381 g/mol. The van der Waals surface area contributed by atoms with E-state index in [4.69, 9.17) is 0 Å². The molecule has 0 spiro atoms. The van der Waals surface area contributed by atoms with Gasteiger partial charge in [-0.05, 0) is 57.0 Å². The number of hydrogen-bond acceptors (Lipinski definition) is 1. The van der Waals surface area contributed by atoms with E-state index in [9.17, 15) is 0 Å². The van der Waals surface area contributed by atoms with Crippen molar-refractivity contribution in [3.8, 4) is 0 Å². The number of pyridine rings is 1. The molecule has 2 heteroatoms. The van der Waals surface area contributed by atoms with Crippen LogP contribution >= 0.6 is 0 Å². The maximum atomic E-state index is 2.38. The van der Waals surface area contributed by atoms with Gasteiger partial charge in [-0.2, -0.15) is 4.57 Å². The minimum Gasteiger partial charge on any atom is -0.345 e. The van der Waals surface area contributed by atoms with Crippen molar-refractivity contribution in [3.63, 3.8) is 0 Å². The predicted octanol–water partition coefficient (Wildman–Crippen LogP) is 6.30. The molecule has 29 heavy (non-hydrogen) atoms. The third-order valence-electron chi connectivity index (χ3n) is 5.77. The normalized spacial score (nSPS) is 15.2. The molecule has 2 aromatic carbocycles. The van der Waals surface area contributed by atoms with Crippen molar-refractivity contribution in [2.75, 3.05) is 11.4 Å². The van der Waals surface area contributed by atoms with E-state index in [-0.39, 0.29) is 0 Å². The van der Waals surface area contributed by atoms with E-state index < -0.39 is 0 Å². The van der Waals surface area contributed by atoms with Gasteiger partial charge in [0.25, 0.3) is 0 Å². The highest BCUT2D eigenvalue weighted by Gasteiger charge is 2.18. The lowest BCUT2D eigenvalue weighted by Crippen LogP contribution is -2.36. The van der Waals surface area contributed by atoms with Crippen molar-refractivity contribution in [2.24, 2.45) is 0 Å². The highest BCUT2D eigenvalue weighted by molar-refractivity contribution is 5.88. The summed E-state index contributed by atoms with van der Waals surface area (Å²) in [5.74, 6) is 0. The van der Waals surface area contributed by atoms with Gasteiger partial charge in [0.1, 0.15) is 6.54 Å². The van der Waals surface area contributed by atoms with Gasteiger partial charge in [-0.25, -0.2) is 0 Å². The Morgan fingerprint density at radius 3 is 2.52 bits per heavy atom. The first kappa shape index (κ1) is 19.2. The number of aryl methyl sites for hydroxylation is 2. The zero-order chi connectivity index (χ0) is 20.4. The van der Waals surface area contributed by atoms with Gasteiger partial charge in [-0.3, -0.25) is 0 Å². The van der Waals surface area contributed by atoms with E-state index in [2.05, 4.69) is 116 Å². The molecule has 3 aromatic rings. The van der Waals surface area contributed by atoms with Crippen LogP contribution < -0.4 is 9.47 Å². The standard InChI is InChI=1S/C27H29N2/c1-5-28-21(4)19-22(25-15-8-10-17-27(25)28)12-11-13-23-18-20(3)24-14-7-9-16-26(24)29(23)6-2/h7-19H,5-6H2,1-4H3/q+1. The molecule has 0 aliphatic carbocycles. The largest absolute Gasteiger partial charge is 0.345 e. The van der Waals surface area contributed by atoms with Crippen molar-refractivity contribution in [1.29, 1.82) is 0 Å². The van der Waals surface area contributed by atoms with Crippen LogP contribution in [0.3, 0.4) is 0 Å². The summed E-state index contributed by atoms with van der Waals surface area (Å²) in [5, 5.41) is 1.32. The van der Waals surface area contributed by atoms with Gasteiger partial charge in [0, 0.05) is 47.1 Å². The average Bonchev–Trinajstić information content (AvgIpc) is 2.74. The molecule has 1 aliphatic rings. The third kappa shape index (κ3) is 3.51. The molecule has 0 atom stereocenters. The molecule has 0 saturated carbocycles. The Morgan fingerprint density at radius 1 is 0.966 bits per heavy atom. The second-order valence-corrected chi connectivity index (χ2v) is 7.54. The minimum absolute atomic E-state index is 0.949. The number of nitrogens with zero attached hydrogens (tertiary/aromatic N) is 2. The van der Waals surface area contributed by atoms with Crippen LogP contribution in [-0.4, -0.2) is 6.54 Å². The zero-order valence-corrected chi connectivity index (χ0v) is 17.8. The lowest BCUT2D eigenvalue weighted by molar-refractivity contribution is -0.669. The summed E-state index contributed by atoms with van der Waals surface area (Å²) >= 11 is 0. The van der Waals surface area contributed by atoms with Gasteiger partial charge >= 0.3 is 0 Å². The van der Waals surface area contributed by atoms with E-state index in [1.165, 1.54) is 44.7 Å². The molecule has 0 radical (unpaired) electrons. The lowest BCUT2D eigenvalue weighted by Gasteiger charge is -2.31. The molecule has 1 aliphatic heterocycles. The Hall–Kier alpha value is -3.13. The van der Waals surface area contributed by atoms with E-state index >= 15 is 0 Å². The van der Waals surface area contributed by atoms with Crippen LogP contribution in [-0.2, 0) is 6.54 Å². The van der Waals surface area contributed by atoms with Crippen LogP contribution in [0.4, 0.5) is 5.69 Å². The second-order valence-electron chi connectivity index (χ2n) is 7.54. The van der Waals surface area contributed by atoms with Gasteiger partial charge in [0.2, 0.25) is 11.2 Å². The minimum atomic E-state index is 0.949. The van der Waals surface area contributed by atoms with Crippen LogP contribution in [0.1, 0.15) is 37.6 Å². The molecule has 2 heterocycles. The third-order valence-corrected chi connectivity index (χ3v) is 5.77. The van der Waals surface area contributed by atoms with Gasteiger partial charge < -0.3 is 4.90 Å². The Bertz CT molecular complexity index is 1150. The summed E-state index contributed by atoms with van der Waals surface area (Å²) < 4.78 is 2.38. The Balaban J connectivity index is 1.76. The molecule has 2 nitrogen and oxygen atoms in total. The molecule has 0 N–H and O–H groups in total. The Morgan fingerprint density at radius 2 is 1.72 bits per heavy atom. The summed E-state index contributed by atoms with van der Waals surface area (Å²) in [4.78, 5) is 2.37. The van der Waals surface area contributed by atoms with Gasteiger partial charge in [-0.15, -0.1) is 0 Å². The SMILES string of the molecule is CCN1C(C)=CC(=CC=Cc2cc(C)c3ccccc3[n+]2CC)c2ccccc21. The average molecular weight is 382 g/mol. The number of benzene rings is 2. The number of aromatic nitrogens is 1. The van der Waals surface area contributed by atoms with Crippen LogP contribution in [0.2, 0.25) is 0 Å². The number of hydrogen-bond donors (Lipinski definition) is 0. The van der Waals surface area contributed by atoms with Gasteiger partial charge in [-0.1, -0.05) is 42.5 Å². The number of para-hydroxylation sites is 2. The number of fused-ring (bicyclic) bond motifs is 2. The van der Waals surface area contributed by atoms with Crippen molar-refractivity contribution in [1.82, 2.24) is 0 Å². The topological polar surface area (TPSA) is 7.12 Å². The maximum Gasteiger partial charge on any atom is 0.213 e.